The molecule has 0 radical (unpaired) electrons. The van der Waals surface area contributed by atoms with Gasteiger partial charge in [-0.3, -0.25) is 4.68 Å². The topological polar surface area (TPSA) is 43.8 Å². The molecule has 1 aromatic heterocycles. The number of rotatable bonds is 1. The predicted molar refractivity (Wildman–Crippen MR) is 55.0 cm³/mol. The van der Waals surface area contributed by atoms with Gasteiger partial charge in [-0.25, -0.2) is 0 Å². The van der Waals surface area contributed by atoms with Gasteiger partial charge < -0.3 is 5.73 Å². The summed E-state index contributed by atoms with van der Waals surface area (Å²) >= 11 is 0. The molecule has 2 N–H and O–H groups in total. The first-order chi connectivity index (χ1) is 6.75. The van der Waals surface area contributed by atoms with Crippen LogP contribution in [0.3, 0.4) is 0 Å². The average molecular weight is 191 g/mol. The van der Waals surface area contributed by atoms with E-state index in [9.17, 15) is 0 Å². The summed E-state index contributed by atoms with van der Waals surface area (Å²) in [5.74, 6) is 0.535. The van der Waals surface area contributed by atoms with Crippen molar-refractivity contribution in [2.24, 2.45) is 18.2 Å². The Kier molecular flexibility index (Phi) is 1.57. The number of nitrogens with two attached hydrogens (primary N) is 1. The van der Waals surface area contributed by atoms with Crippen LogP contribution in [-0.4, -0.2) is 16.3 Å². The highest BCUT2D eigenvalue weighted by Gasteiger charge is 2.52. The van der Waals surface area contributed by atoms with Crippen LogP contribution in [0.15, 0.2) is 6.20 Å². The van der Waals surface area contributed by atoms with Gasteiger partial charge in [0.1, 0.15) is 0 Å². The lowest BCUT2D eigenvalue weighted by Crippen LogP contribution is -2.28. The molecular formula is C11H17N3. The lowest BCUT2D eigenvalue weighted by molar-refractivity contribution is 0.345. The molecule has 3 rings (SSSR count). The fourth-order valence-corrected chi connectivity index (χ4v) is 3.01. The summed E-state index contributed by atoms with van der Waals surface area (Å²) in [5.41, 5.74) is 9.17. The Balaban J connectivity index is 2.05. The Morgan fingerprint density at radius 1 is 1.57 bits per heavy atom. The van der Waals surface area contributed by atoms with Gasteiger partial charge in [0.05, 0.1) is 5.69 Å². The normalized spacial score (nSPS) is 27.7. The molecule has 0 saturated heterocycles. The van der Waals surface area contributed by atoms with Crippen LogP contribution in [0.25, 0.3) is 0 Å². The monoisotopic (exact) mass is 191 g/mol. The molecule has 0 aromatic carbocycles. The fourth-order valence-electron chi connectivity index (χ4n) is 3.01. The number of hydrogen-bond acceptors (Lipinski definition) is 2. The zero-order chi connectivity index (χ0) is 9.76. The molecule has 1 aromatic rings. The second-order valence-corrected chi connectivity index (χ2v) is 4.86. The van der Waals surface area contributed by atoms with Crippen LogP contribution in [0.2, 0.25) is 0 Å². The molecule has 1 heterocycles. The molecule has 3 nitrogen and oxygen atoms in total. The van der Waals surface area contributed by atoms with E-state index < -0.39 is 0 Å². The van der Waals surface area contributed by atoms with E-state index in [1.807, 2.05) is 11.7 Å². The fraction of sp³-hybridized carbons (Fsp3) is 0.727. The highest BCUT2D eigenvalue weighted by atomic mass is 15.3. The molecule has 0 aliphatic heterocycles. The van der Waals surface area contributed by atoms with Gasteiger partial charge in [-0.05, 0) is 36.7 Å². The zero-order valence-electron chi connectivity index (χ0n) is 8.66. The summed E-state index contributed by atoms with van der Waals surface area (Å²) < 4.78 is 1.94. The highest BCUT2D eigenvalue weighted by molar-refractivity contribution is 5.30. The molecule has 3 heteroatoms. The van der Waals surface area contributed by atoms with E-state index in [0.29, 0.717) is 11.3 Å². The average Bonchev–Trinajstić information content (AvgIpc) is 2.82. The van der Waals surface area contributed by atoms with Crippen LogP contribution < -0.4 is 5.73 Å². The van der Waals surface area contributed by atoms with Crippen molar-refractivity contribution in [1.82, 2.24) is 9.78 Å². The van der Waals surface area contributed by atoms with Crippen LogP contribution in [0.4, 0.5) is 0 Å². The molecule has 1 fully saturated rings. The Bertz CT molecular complexity index is 363. The van der Waals surface area contributed by atoms with Crippen LogP contribution in [0, 0.1) is 5.41 Å². The van der Waals surface area contributed by atoms with Gasteiger partial charge in [-0.2, -0.15) is 5.10 Å². The van der Waals surface area contributed by atoms with Crippen molar-refractivity contribution in [3.8, 4) is 0 Å². The lowest BCUT2D eigenvalue weighted by atomic mass is 9.76. The molecule has 0 bridgehead atoms. The minimum atomic E-state index is 0.535. The maximum absolute atomic E-state index is 5.89. The number of hydrogen-bond donors (Lipinski definition) is 1. The summed E-state index contributed by atoms with van der Waals surface area (Å²) in [5, 5.41) is 4.58. The minimum absolute atomic E-state index is 0.535. The Labute approximate surface area is 84.3 Å². The van der Waals surface area contributed by atoms with Crippen molar-refractivity contribution in [3.05, 3.63) is 17.5 Å². The van der Waals surface area contributed by atoms with Crippen LogP contribution in [0.1, 0.15) is 36.4 Å². The molecule has 1 spiro atoms. The molecule has 1 saturated carbocycles. The third-order valence-electron chi connectivity index (χ3n) is 4.03. The van der Waals surface area contributed by atoms with Crippen molar-refractivity contribution < 1.29 is 0 Å². The van der Waals surface area contributed by atoms with Gasteiger partial charge in [0.25, 0.3) is 0 Å². The van der Waals surface area contributed by atoms with Crippen LogP contribution in [0.5, 0.6) is 0 Å². The van der Waals surface area contributed by atoms with E-state index in [1.54, 1.807) is 0 Å². The Hall–Kier alpha value is -0.830. The summed E-state index contributed by atoms with van der Waals surface area (Å²) in [6, 6.07) is 0. The second kappa shape index (κ2) is 2.60. The van der Waals surface area contributed by atoms with Gasteiger partial charge in [-0.15, -0.1) is 0 Å². The quantitative estimate of drug-likeness (QED) is 0.724. The molecule has 2 aliphatic rings. The number of aromatic nitrogens is 2. The van der Waals surface area contributed by atoms with E-state index in [-0.39, 0.29) is 0 Å². The smallest absolute Gasteiger partial charge is 0.0705 e. The molecule has 1 unspecified atom stereocenters. The van der Waals surface area contributed by atoms with Crippen molar-refractivity contribution in [2.45, 2.75) is 31.6 Å². The van der Waals surface area contributed by atoms with Crippen molar-refractivity contribution in [1.29, 1.82) is 0 Å². The van der Waals surface area contributed by atoms with Gasteiger partial charge in [-0.1, -0.05) is 0 Å². The van der Waals surface area contributed by atoms with E-state index >= 15 is 0 Å². The molecular weight excluding hydrogens is 174 g/mol. The van der Waals surface area contributed by atoms with Crippen molar-refractivity contribution in [2.75, 3.05) is 6.54 Å². The third kappa shape index (κ3) is 0.989. The van der Waals surface area contributed by atoms with E-state index in [2.05, 4.69) is 11.3 Å². The maximum atomic E-state index is 5.89. The zero-order valence-corrected chi connectivity index (χ0v) is 8.66. The first-order valence-corrected chi connectivity index (χ1v) is 5.48. The number of fused-ring (bicyclic) bond motifs is 1. The van der Waals surface area contributed by atoms with Crippen LogP contribution in [-0.2, 0) is 13.5 Å². The van der Waals surface area contributed by atoms with Crippen molar-refractivity contribution in [3.63, 3.8) is 0 Å². The van der Waals surface area contributed by atoms with E-state index in [0.717, 1.165) is 6.54 Å². The molecule has 76 valence electrons. The predicted octanol–water partition coefficient (Wildman–Crippen LogP) is 1.19. The lowest BCUT2D eigenvalue weighted by Gasteiger charge is -2.29. The maximum Gasteiger partial charge on any atom is 0.0705 e. The number of aryl methyl sites for hydroxylation is 2. The summed E-state index contributed by atoms with van der Waals surface area (Å²) in [4.78, 5) is 0. The first kappa shape index (κ1) is 8.48. The van der Waals surface area contributed by atoms with Crippen molar-refractivity contribution >= 4 is 0 Å². The van der Waals surface area contributed by atoms with E-state index in [1.165, 1.54) is 36.9 Å². The molecule has 0 amide bonds. The molecule has 1 atom stereocenters. The largest absolute Gasteiger partial charge is 0.330 e. The molecule has 14 heavy (non-hydrogen) atoms. The Morgan fingerprint density at radius 3 is 3.00 bits per heavy atom. The molecule has 2 aliphatic carbocycles. The summed E-state index contributed by atoms with van der Waals surface area (Å²) in [7, 11) is 2.01. The van der Waals surface area contributed by atoms with Gasteiger partial charge in [0.15, 0.2) is 0 Å². The van der Waals surface area contributed by atoms with E-state index in [4.69, 9.17) is 5.73 Å². The number of nitrogens with zero attached hydrogens (tertiary/aromatic N) is 2. The van der Waals surface area contributed by atoms with Gasteiger partial charge in [0.2, 0.25) is 0 Å². The van der Waals surface area contributed by atoms with Gasteiger partial charge in [0, 0.05) is 25.7 Å². The summed E-state index contributed by atoms with van der Waals surface area (Å²) in [6.07, 6.45) is 7.43. The standard InChI is InChI=1S/C11H17N3/c1-14-7-8-2-3-11(4-5-11)9(6-12)10(8)13-14/h7,9H,2-6,12H2,1H3. The van der Waals surface area contributed by atoms with Gasteiger partial charge >= 0.3 is 0 Å². The highest BCUT2D eigenvalue weighted by Crippen LogP contribution is 2.61. The SMILES string of the molecule is Cn1cc2c(n1)C(CN)C1(CC2)CC1. The third-order valence-corrected chi connectivity index (χ3v) is 4.03. The first-order valence-electron chi connectivity index (χ1n) is 5.48. The van der Waals surface area contributed by atoms with Crippen LogP contribution >= 0.6 is 0 Å². The second-order valence-electron chi connectivity index (χ2n) is 4.86. The summed E-state index contributed by atoms with van der Waals surface area (Å²) in [6.45, 7) is 0.768. The minimum Gasteiger partial charge on any atom is -0.330 e. The Morgan fingerprint density at radius 2 is 2.36 bits per heavy atom.